The quantitative estimate of drug-likeness (QED) is 0.755. The van der Waals surface area contributed by atoms with Gasteiger partial charge in [0.2, 0.25) is 0 Å². The van der Waals surface area contributed by atoms with Crippen LogP contribution in [0.5, 0.6) is 0 Å². The predicted molar refractivity (Wildman–Crippen MR) is 92.8 cm³/mol. The fourth-order valence-corrected chi connectivity index (χ4v) is 3.00. The molecule has 0 saturated carbocycles. The second kappa shape index (κ2) is 6.82. The van der Waals surface area contributed by atoms with Crippen molar-refractivity contribution in [2.75, 3.05) is 18.5 Å². The molecule has 3 heterocycles. The van der Waals surface area contributed by atoms with Crippen molar-refractivity contribution < 1.29 is 24.5 Å². The van der Waals surface area contributed by atoms with Crippen molar-refractivity contribution in [1.29, 1.82) is 0 Å². The van der Waals surface area contributed by atoms with E-state index in [4.69, 9.17) is 9.47 Å². The Morgan fingerprint density at radius 3 is 2.77 bits per heavy atom. The number of fused-ring (bicyclic) bond motifs is 1. The maximum Gasteiger partial charge on any atom is 0.413 e. The number of nitrogens with one attached hydrogen (secondary N) is 1. The minimum absolute atomic E-state index is 0.246. The summed E-state index contributed by atoms with van der Waals surface area (Å²) in [7, 11) is 0. The predicted octanol–water partition coefficient (Wildman–Crippen LogP) is 1.65. The highest BCUT2D eigenvalue weighted by molar-refractivity contribution is 5.88. The molecule has 1 amide bonds. The smallest absolute Gasteiger partial charge is 0.413 e. The third kappa shape index (κ3) is 3.64. The Kier molecular flexibility index (Phi) is 4.87. The van der Waals surface area contributed by atoms with Crippen LogP contribution in [-0.4, -0.2) is 55.3 Å². The molecular formula is C17H24N4O5. The fraction of sp³-hybridized carbons (Fsp3) is 0.588. The van der Waals surface area contributed by atoms with Gasteiger partial charge in [-0.3, -0.25) is 5.32 Å². The van der Waals surface area contributed by atoms with E-state index in [1.54, 1.807) is 31.4 Å². The first-order valence-corrected chi connectivity index (χ1v) is 8.49. The molecule has 1 atom stereocenters. The summed E-state index contributed by atoms with van der Waals surface area (Å²) >= 11 is 0. The van der Waals surface area contributed by atoms with Crippen molar-refractivity contribution in [2.24, 2.45) is 0 Å². The first-order valence-electron chi connectivity index (χ1n) is 8.49. The number of nitrogens with zero attached hydrogens (tertiary/aromatic N) is 3. The highest BCUT2D eigenvalue weighted by atomic mass is 16.6. The third-order valence-electron chi connectivity index (χ3n) is 4.26. The molecule has 142 valence electrons. The maximum absolute atomic E-state index is 12.0. The lowest BCUT2D eigenvalue weighted by Crippen LogP contribution is -2.36. The van der Waals surface area contributed by atoms with Gasteiger partial charge >= 0.3 is 6.09 Å². The van der Waals surface area contributed by atoms with Gasteiger partial charge in [0.1, 0.15) is 29.2 Å². The number of hydrogen-bond acceptors (Lipinski definition) is 7. The van der Waals surface area contributed by atoms with Crippen LogP contribution >= 0.6 is 0 Å². The molecule has 1 aliphatic rings. The van der Waals surface area contributed by atoms with Crippen LogP contribution in [-0.2, 0) is 9.47 Å². The van der Waals surface area contributed by atoms with Gasteiger partial charge in [0.25, 0.3) is 0 Å². The average molecular weight is 364 g/mol. The number of aromatic nitrogens is 3. The van der Waals surface area contributed by atoms with E-state index in [0.29, 0.717) is 24.2 Å². The summed E-state index contributed by atoms with van der Waals surface area (Å²) in [5.41, 5.74) is -0.184. The van der Waals surface area contributed by atoms with Crippen LogP contribution < -0.4 is 5.32 Å². The summed E-state index contributed by atoms with van der Waals surface area (Å²) in [5, 5.41) is 25.9. The Morgan fingerprint density at radius 1 is 1.42 bits per heavy atom. The molecule has 2 aromatic heterocycles. The van der Waals surface area contributed by atoms with Gasteiger partial charge in [0.15, 0.2) is 5.82 Å². The van der Waals surface area contributed by atoms with Crippen LogP contribution in [0.25, 0.3) is 5.52 Å². The van der Waals surface area contributed by atoms with Crippen molar-refractivity contribution >= 4 is 17.4 Å². The molecule has 0 radical (unpaired) electrons. The normalized spacial score (nSPS) is 19.7. The Morgan fingerprint density at radius 2 is 2.15 bits per heavy atom. The highest BCUT2D eigenvalue weighted by Gasteiger charge is 2.41. The van der Waals surface area contributed by atoms with E-state index in [9.17, 15) is 15.0 Å². The van der Waals surface area contributed by atoms with Crippen LogP contribution in [0.15, 0.2) is 18.5 Å². The number of carbonyl (C=O) groups excluding carboxylic acids is 1. The van der Waals surface area contributed by atoms with Gasteiger partial charge in [0.05, 0.1) is 18.9 Å². The molecular weight excluding hydrogens is 340 g/mol. The number of aliphatic hydroxyl groups is 2. The lowest BCUT2D eigenvalue weighted by Gasteiger charge is -2.24. The van der Waals surface area contributed by atoms with E-state index in [-0.39, 0.29) is 19.3 Å². The molecule has 3 N–H and O–H groups in total. The molecule has 2 aromatic rings. The SMILES string of the molecule is CC(C)(C)OC(=O)Nc1ncnn2c(C3CCC(CO)(CO)O3)ccc12. The van der Waals surface area contributed by atoms with E-state index in [0.717, 1.165) is 5.69 Å². The van der Waals surface area contributed by atoms with Gasteiger partial charge in [-0.2, -0.15) is 5.10 Å². The third-order valence-corrected chi connectivity index (χ3v) is 4.26. The number of anilines is 1. The van der Waals surface area contributed by atoms with Crippen molar-refractivity contribution in [2.45, 2.75) is 50.9 Å². The second-order valence-electron chi connectivity index (χ2n) is 7.44. The van der Waals surface area contributed by atoms with Gasteiger partial charge in [0, 0.05) is 0 Å². The minimum atomic E-state index is -0.931. The van der Waals surface area contributed by atoms with Gasteiger partial charge in [-0.1, -0.05) is 0 Å². The number of amides is 1. The minimum Gasteiger partial charge on any atom is -0.444 e. The van der Waals surface area contributed by atoms with E-state index in [1.807, 2.05) is 6.07 Å². The van der Waals surface area contributed by atoms with Crippen molar-refractivity contribution in [3.05, 3.63) is 24.2 Å². The maximum atomic E-state index is 12.0. The topological polar surface area (TPSA) is 118 Å². The van der Waals surface area contributed by atoms with E-state index < -0.39 is 17.3 Å². The molecule has 0 spiro atoms. The van der Waals surface area contributed by atoms with Crippen molar-refractivity contribution in [3.63, 3.8) is 0 Å². The van der Waals surface area contributed by atoms with Gasteiger partial charge < -0.3 is 19.7 Å². The number of carbonyl (C=O) groups is 1. The number of ether oxygens (including phenoxy) is 2. The summed E-state index contributed by atoms with van der Waals surface area (Å²) in [4.78, 5) is 16.1. The van der Waals surface area contributed by atoms with Crippen LogP contribution in [0.3, 0.4) is 0 Å². The van der Waals surface area contributed by atoms with Gasteiger partial charge in [-0.15, -0.1) is 0 Å². The van der Waals surface area contributed by atoms with Crippen molar-refractivity contribution in [1.82, 2.24) is 14.6 Å². The lowest BCUT2D eigenvalue weighted by molar-refractivity contribution is -0.103. The first-order chi connectivity index (χ1) is 12.3. The zero-order valence-corrected chi connectivity index (χ0v) is 15.1. The summed E-state index contributed by atoms with van der Waals surface area (Å²) in [6.07, 6.45) is 1.61. The van der Waals surface area contributed by atoms with E-state index >= 15 is 0 Å². The monoisotopic (exact) mass is 364 g/mol. The zero-order chi connectivity index (χ0) is 18.9. The number of rotatable bonds is 4. The van der Waals surface area contributed by atoms with Crippen LogP contribution in [0, 0.1) is 0 Å². The molecule has 0 aromatic carbocycles. The Labute approximate surface area is 150 Å². The molecule has 0 bridgehead atoms. The van der Waals surface area contributed by atoms with Gasteiger partial charge in [-0.05, 0) is 45.7 Å². The second-order valence-corrected chi connectivity index (χ2v) is 7.44. The van der Waals surface area contributed by atoms with E-state index in [1.165, 1.54) is 6.33 Å². The van der Waals surface area contributed by atoms with Crippen LogP contribution in [0.1, 0.15) is 45.4 Å². The largest absolute Gasteiger partial charge is 0.444 e. The first kappa shape index (κ1) is 18.6. The summed E-state index contributed by atoms with van der Waals surface area (Å²) in [5.74, 6) is 0.328. The van der Waals surface area contributed by atoms with Crippen molar-refractivity contribution in [3.8, 4) is 0 Å². The lowest BCUT2D eigenvalue weighted by atomic mass is 10.0. The molecule has 26 heavy (non-hydrogen) atoms. The fourth-order valence-electron chi connectivity index (χ4n) is 3.00. The molecule has 1 unspecified atom stereocenters. The summed E-state index contributed by atoms with van der Waals surface area (Å²) < 4.78 is 12.8. The zero-order valence-electron chi connectivity index (χ0n) is 15.1. The summed E-state index contributed by atoms with van der Waals surface area (Å²) in [6, 6.07) is 3.61. The Bertz CT molecular complexity index is 794. The summed E-state index contributed by atoms with van der Waals surface area (Å²) in [6.45, 7) is 4.85. The Balaban J connectivity index is 1.84. The molecule has 1 saturated heterocycles. The van der Waals surface area contributed by atoms with E-state index in [2.05, 4.69) is 15.4 Å². The number of hydrogen-bond donors (Lipinski definition) is 3. The number of aliphatic hydroxyl groups excluding tert-OH is 2. The highest BCUT2D eigenvalue weighted by Crippen LogP contribution is 2.39. The molecule has 0 aliphatic carbocycles. The van der Waals surface area contributed by atoms with Crippen LogP contribution in [0.4, 0.5) is 10.6 Å². The van der Waals surface area contributed by atoms with Gasteiger partial charge in [-0.25, -0.2) is 14.3 Å². The Hall–Kier alpha value is -2.23. The molecule has 1 aliphatic heterocycles. The molecule has 9 nitrogen and oxygen atoms in total. The average Bonchev–Trinajstić information content (AvgIpc) is 3.18. The molecule has 1 fully saturated rings. The molecule has 9 heteroatoms. The standard InChI is InChI=1S/C17H24N4O5/c1-16(2,3)26-15(24)20-14-12-5-4-11(21(12)19-10-18-14)13-6-7-17(8-22,9-23)25-13/h4-5,10,13,22-23H,6-9H2,1-3H3,(H,18,19,20,24). The van der Waals surface area contributed by atoms with Crippen LogP contribution in [0.2, 0.25) is 0 Å². The molecule has 3 rings (SSSR count).